The lowest BCUT2D eigenvalue weighted by Gasteiger charge is -2.10. The number of nitrogens with zero attached hydrogens (tertiary/aromatic N) is 2. The molecule has 100 valence electrons. The second-order valence-electron chi connectivity index (χ2n) is 4.03. The lowest BCUT2D eigenvalue weighted by Crippen LogP contribution is -2.01. The summed E-state index contributed by atoms with van der Waals surface area (Å²) in [6, 6.07) is 2.53. The molecule has 0 spiro atoms. The molecule has 0 aliphatic carbocycles. The van der Waals surface area contributed by atoms with Crippen LogP contribution in [0.15, 0.2) is 18.5 Å². The normalized spacial score (nSPS) is 10.5. The Morgan fingerprint density at radius 3 is 2.68 bits per heavy atom. The van der Waals surface area contributed by atoms with E-state index in [0.717, 1.165) is 6.07 Å². The van der Waals surface area contributed by atoms with Crippen molar-refractivity contribution >= 4 is 5.69 Å². The zero-order chi connectivity index (χ0) is 14.0. The molecule has 0 bridgehead atoms. The quantitative estimate of drug-likeness (QED) is 0.866. The number of hydrogen-bond acceptors (Lipinski definition) is 4. The Bertz CT molecular complexity index is 617. The predicted octanol–water partition coefficient (Wildman–Crippen LogP) is 3.00. The first-order valence-electron chi connectivity index (χ1n) is 5.75. The summed E-state index contributed by atoms with van der Waals surface area (Å²) in [6.45, 7) is 3.46. The van der Waals surface area contributed by atoms with Crippen LogP contribution < -0.4 is 10.5 Å². The number of halogens is 2. The molecule has 0 amide bonds. The van der Waals surface area contributed by atoms with Crippen molar-refractivity contribution in [1.29, 1.82) is 0 Å². The molecule has 0 saturated carbocycles. The number of aromatic nitrogens is 2. The number of benzene rings is 1. The fourth-order valence-corrected chi connectivity index (χ4v) is 1.56. The van der Waals surface area contributed by atoms with Gasteiger partial charge in [0.1, 0.15) is 6.33 Å². The van der Waals surface area contributed by atoms with E-state index in [0.29, 0.717) is 17.7 Å². The van der Waals surface area contributed by atoms with Gasteiger partial charge >= 0.3 is 0 Å². The number of nitrogen functional groups attached to an aromatic ring is 1. The second-order valence-corrected chi connectivity index (χ2v) is 4.03. The lowest BCUT2D eigenvalue weighted by atomic mass is 10.2. The van der Waals surface area contributed by atoms with E-state index in [1.165, 1.54) is 12.4 Å². The number of aryl methyl sites for hydroxylation is 2. The van der Waals surface area contributed by atoms with E-state index in [4.69, 9.17) is 10.5 Å². The van der Waals surface area contributed by atoms with Gasteiger partial charge in [-0.3, -0.25) is 0 Å². The third-order valence-corrected chi connectivity index (χ3v) is 2.69. The summed E-state index contributed by atoms with van der Waals surface area (Å²) in [7, 11) is 0. The average Bonchev–Trinajstić information content (AvgIpc) is 2.38. The monoisotopic (exact) mass is 265 g/mol. The van der Waals surface area contributed by atoms with E-state index in [1.807, 2.05) is 0 Å². The summed E-state index contributed by atoms with van der Waals surface area (Å²) in [4.78, 5) is 7.44. The summed E-state index contributed by atoms with van der Waals surface area (Å²) >= 11 is 0. The van der Waals surface area contributed by atoms with Crippen molar-refractivity contribution < 1.29 is 13.5 Å². The summed E-state index contributed by atoms with van der Waals surface area (Å²) < 4.78 is 32.7. The fourth-order valence-electron chi connectivity index (χ4n) is 1.56. The predicted molar refractivity (Wildman–Crippen MR) is 67.0 cm³/mol. The first kappa shape index (κ1) is 13.2. The minimum absolute atomic E-state index is 0.119. The SMILES string of the molecule is CCc1ncnc(Oc2cc(C)c(N)cc2F)c1F. The Morgan fingerprint density at radius 2 is 2.00 bits per heavy atom. The molecule has 6 heteroatoms. The number of nitrogens with two attached hydrogens (primary N) is 1. The highest BCUT2D eigenvalue weighted by atomic mass is 19.1. The van der Waals surface area contributed by atoms with Crippen molar-refractivity contribution in [3.63, 3.8) is 0 Å². The Labute approximate surface area is 109 Å². The van der Waals surface area contributed by atoms with Crippen LogP contribution in [0.3, 0.4) is 0 Å². The molecule has 0 aliphatic heterocycles. The van der Waals surface area contributed by atoms with Crippen molar-refractivity contribution in [1.82, 2.24) is 9.97 Å². The molecule has 2 aromatic rings. The molecule has 2 N–H and O–H groups in total. The molecule has 0 unspecified atom stereocenters. The highest BCUT2D eigenvalue weighted by molar-refractivity contribution is 5.51. The minimum atomic E-state index is -0.682. The third kappa shape index (κ3) is 2.62. The molecule has 0 aliphatic rings. The smallest absolute Gasteiger partial charge is 0.259 e. The lowest BCUT2D eigenvalue weighted by molar-refractivity contribution is 0.392. The largest absolute Gasteiger partial charge is 0.433 e. The van der Waals surface area contributed by atoms with Gasteiger partial charge in [-0.1, -0.05) is 6.92 Å². The van der Waals surface area contributed by atoms with Crippen molar-refractivity contribution in [2.24, 2.45) is 0 Å². The van der Waals surface area contributed by atoms with Crippen molar-refractivity contribution in [2.75, 3.05) is 5.73 Å². The maximum Gasteiger partial charge on any atom is 0.259 e. The second kappa shape index (κ2) is 5.17. The minimum Gasteiger partial charge on any atom is -0.433 e. The number of ether oxygens (including phenoxy) is 1. The summed E-state index contributed by atoms with van der Waals surface area (Å²) in [5.74, 6) is -1.76. The van der Waals surface area contributed by atoms with Crippen LogP contribution in [0.1, 0.15) is 18.2 Å². The van der Waals surface area contributed by atoms with Crippen molar-refractivity contribution in [3.05, 3.63) is 41.4 Å². The van der Waals surface area contributed by atoms with Gasteiger partial charge in [0.25, 0.3) is 5.88 Å². The maximum atomic E-state index is 13.9. The van der Waals surface area contributed by atoms with E-state index >= 15 is 0 Å². The molecule has 2 rings (SSSR count). The molecule has 0 atom stereocenters. The molecular weight excluding hydrogens is 252 g/mol. The van der Waals surface area contributed by atoms with Gasteiger partial charge in [-0.15, -0.1) is 0 Å². The first-order chi connectivity index (χ1) is 9.02. The van der Waals surface area contributed by atoms with Gasteiger partial charge in [-0.25, -0.2) is 9.37 Å². The van der Waals surface area contributed by atoms with Crippen LogP contribution in [-0.2, 0) is 6.42 Å². The highest BCUT2D eigenvalue weighted by Crippen LogP contribution is 2.29. The summed E-state index contributed by atoms with van der Waals surface area (Å²) in [5.41, 5.74) is 6.73. The molecule has 1 aromatic heterocycles. The Morgan fingerprint density at radius 1 is 1.26 bits per heavy atom. The van der Waals surface area contributed by atoms with Crippen LogP contribution in [0, 0.1) is 18.6 Å². The number of hydrogen-bond donors (Lipinski definition) is 1. The Kier molecular flexibility index (Phi) is 3.59. The van der Waals surface area contributed by atoms with Gasteiger partial charge in [-0.2, -0.15) is 9.37 Å². The fraction of sp³-hybridized carbons (Fsp3) is 0.231. The highest BCUT2D eigenvalue weighted by Gasteiger charge is 2.14. The van der Waals surface area contributed by atoms with Crippen molar-refractivity contribution in [3.8, 4) is 11.6 Å². The Balaban J connectivity index is 2.39. The van der Waals surface area contributed by atoms with E-state index in [2.05, 4.69) is 9.97 Å². The van der Waals surface area contributed by atoms with Gasteiger partial charge in [0.2, 0.25) is 5.82 Å². The van der Waals surface area contributed by atoms with Gasteiger partial charge < -0.3 is 10.5 Å². The number of anilines is 1. The van der Waals surface area contributed by atoms with Crippen molar-refractivity contribution in [2.45, 2.75) is 20.3 Å². The van der Waals surface area contributed by atoms with Gasteiger partial charge in [0.05, 0.1) is 5.69 Å². The van der Waals surface area contributed by atoms with Crippen LogP contribution in [0.4, 0.5) is 14.5 Å². The molecule has 19 heavy (non-hydrogen) atoms. The van der Waals surface area contributed by atoms with Crippen LogP contribution in [-0.4, -0.2) is 9.97 Å². The topological polar surface area (TPSA) is 61.0 Å². The zero-order valence-corrected chi connectivity index (χ0v) is 10.6. The molecule has 0 fully saturated rings. The molecule has 0 saturated heterocycles. The van der Waals surface area contributed by atoms with Gasteiger partial charge in [0, 0.05) is 11.8 Å². The molecular formula is C13H13F2N3O. The average molecular weight is 265 g/mol. The van der Waals surface area contributed by atoms with E-state index in [1.54, 1.807) is 13.8 Å². The molecule has 1 aromatic carbocycles. The van der Waals surface area contributed by atoms with Crippen LogP contribution in [0.25, 0.3) is 0 Å². The standard InChI is InChI=1S/C13H13F2N3O/c1-3-10-12(15)13(18-6-17-10)19-11-4-7(2)9(16)5-8(11)14/h4-6H,3,16H2,1-2H3. The third-order valence-electron chi connectivity index (χ3n) is 2.69. The van der Waals surface area contributed by atoms with E-state index in [-0.39, 0.29) is 17.3 Å². The van der Waals surface area contributed by atoms with Gasteiger partial charge in [0.15, 0.2) is 11.6 Å². The first-order valence-corrected chi connectivity index (χ1v) is 5.75. The van der Waals surface area contributed by atoms with Crippen LogP contribution in [0.5, 0.6) is 11.6 Å². The van der Waals surface area contributed by atoms with Crippen LogP contribution >= 0.6 is 0 Å². The Hall–Kier alpha value is -2.24. The zero-order valence-electron chi connectivity index (χ0n) is 10.6. The molecule has 0 radical (unpaired) electrons. The molecule has 4 nitrogen and oxygen atoms in total. The van der Waals surface area contributed by atoms with Crippen LogP contribution in [0.2, 0.25) is 0 Å². The molecule has 1 heterocycles. The summed E-state index contributed by atoms with van der Waals surface area (Å²) in [5, 5.41) is 0. The van der Waals surface area contributed by atoms with E-state index in [9.17, 15) is 8.78 Å². The summed E-state index contributed by atoms with van der Waals surface area (Å²) in [6.07, 6.45) is 1.58. The van der Waals surface area contributed by atoms with E-state index < -0.39 is 11.6 Å². The number of rotatable bonds is 3. The maximum absolute atomic E-state index is 13.9. The van der Waals surface area contributed by atoms with Gasteiger partial charge in [-0.05, 0) is 25.0 Å².